The van der Waals surface area contributed by atoms with Crippen LogP contribution >= 0.6 is 0 Å². The maximum absolute atomic E-state index is 13.1. The van der Waals surface area contributed by atoms with Crippen LogP contribution in [0.15, 0.2) is 15.5 Å². The van der Waals surface area contributed by atoms with Crippen LogP contribution in [0, 0.1) is 18.8 Å². The Hall–Kier alpha value is -2.11. The fourth-order valence-electron chi connectivity index (χ4n) is 2.72. The average Bonchev–Trinajstić information content (AvgIpc) is 2.77. The molecule has 0 atom stereocenters. The topological polar surface area (TPSA) is 68.3 Å². The maximum Gasteiger partial charge on any atom is 0.265 e. The van der Waals surface area contributed by atoms with Gasteiger partial charge in [-0.15, -0.1) is 0 Å². The van der Waals surface area contributed by atoms with Gasteiger partial charge in [0.2, 0.25) is 5.71 Å². The molecule has 0 aliphatic heterocycles. The van der Waals surface area contributed by atoms with Crippen LogP contribution in [0.25, 0.3) is 11.1 Å². The van der Waals surface area contributed by atoms with Crippen molar-refractivity contribution in [3.63, 3.8) is 0 Å². The molecule has 2 aromatic rings. The van der Waals surface area contributed by atoms with Crippen molar-refractivity contribution in [2.24, 2.45) is 18.9 Å². The second-order valence-corrected chi connectivity index (χ2v) is 6.87. The van der Waals surface area contributed by atoms with Gasteiger partial charge in [0.15, 0.2) is 0 Å². The van der Waals surface area contributed by atoms with Crippen LogP contribution in [0.4, 0.5) is 0 Å². The lowest BCUT2D eigenvalue weighted by Crippen LogP contribution is -2.37. The largest absolute Gasteiger partial charge is 0.442 e. The molecule has 6 nitrogen and oxygen atoms in total. The molecule has 0 radical (unpaired) electrons. The first-order chi connectivity index (χ1) is 10.7. The summed E-state index contributed by atoms with van der Waals surface area (Å²) in [6.07, 6.45) is 1.40. The molecule has 0 fully saturated rings. The van der Waals surface area contributed by atoms with E-state index in [0.717, 1.165) is 0 Å². The van der Waals surface area contributed by atoms with Gasteiger partial charge < -0.3 is 13.9 Å². The number of hydrogen-bond donors (Lipinski definition) is 0. The van der Waals surface area contributed by atoms with Gasteiger partial charge in [0.25, 0.3) is 11.5 Å². The highest BCUT2D eigenvalue weighted by Crippen LogP contribution is 2.23. The molecular weight excluding hydrogens is 294 g/mol. The molecule has 126 valence electrons. The zero-order chi connectivity index (χ0) is 17.3. The van der Waals surface area contributed by atoms with Crippen molar-refractivity contribution in [2.45, 2.75) is 34.6 Å². The van der Waals surface area contributed by atoms with Crippen LogP contribution < -0.4 is 5.56 Å². The third kappa shape index (κ3) is 3.46. The summed E-state index contributed by atoms with van der Waals surface area (Å²) in [4.78, 5) is 31.4. The van der Waals surface area contributed by atoms with Crippen molar-refractivity contribution in [2.75, 3.05) is 13.1 Å². The molecule has 2 heterocycles. The van der Waals surface area contributed by atoms with Crippen molar-refractivity contribution in [1.29, 1.82) is 0 Å². The number of furan rings is 1. The number of rotatable bonds is 5. The molecule has 2 aromatic heterocycles. The summed E-state index contributed by atoms with van der Waals surface area (Å²) < 4.78 is 6.91. The van der Waals surface area contributed by atoms with E-state index in [4.69, 9.17) is 4.42 Å². The van der Waals surface area contributed by atoms with E-state index in [1.165, 1.54) is 10.9 Å². The Labute approximate surface area is 136 Å². The zero-order valence-electron chi connectivity index (χ0n) is 14.7. The van der Waals surface area contributed by atoms with Gasteiger partial charge in [0.05, 0.1) is 5.56 Å². The van der Waals surface area contributed by atoms with E-state index < -0.39 is 0 Å². The van der Waals surface area contributed by atoms with Gasteiger partial charge in [-0.3, -0.25) is 9.59 Å². The Morgan fingerprint density at radius 1 is 1.26 bits per heavy atom. The first-order valence-electron chi connectivity index (χ1n) is 7.96. The standard InChI is InChI=1S/C17H25N3O3/c1-10(2)7-20(8-11(3)4)17(22)13-12(5)23-15-14(13)16(21)19(6)9-18-15/h9-11H,7-8H2,1-6H3. The van der Waals surface area contributed by atoms with Crippen molar-refractivity contribution in [1.82, 2.24) is 14.5 Å². The molecule has 0 aliphatic rings. The number of amides is 1. The van der Waals surface area contributed by atoms with E-state index in [-0.39, 0.29) is 22.6 Å². The van der Waals surface area contributed by atoms with Gasteiger partial charge in [-0.25, -0.2) is 4.98 Å². The minimum Gasteiger partial charge on any atom is -0.442 e. The summed E-state index contributed by atoms with van der Waals surface area (Å²) in [6.45, 7) is 11.3. The molecule has 2 rings (SSSR count). The van der Waals surface area contributed by atoms with E-state index >= 15 is 0 Å². The summed E-state index contributed by atoms with van der Waals surface area (Å²) in [7, 11) is 1.62. The third-order valence-corrected chi connectivity index (χ3v) is 3.62. The van der Waals surface area contributed by atoms with Crippen molar-refractivity contribution in [3.8, 4) is 0 Å². The van der Waals surface area contributed by atoms with Crippen LogP contribution in [0.2, 0.25) is 0 Å². The summed E-state index contributed by atoms with van der Waals surface area (Å²) in [5.74, 6) is 0.973. The van der Waals surface area contributed by atoms with Gasteiger partial charge in [0.1, 0.15) is 17.5 Å². The van der Waals surface area contributed by atoms with E-state index in [1.54, 1.807) is 18.9 Å². The number of carbonyl (C=O) groups is 1. The van der Waals surface area contributed by atoms with E-state index in [9.17, 15) is 9.59 Å². The van der Waals surface area contributed by atoms with Crippen LogP contribution in [0.5, 0.6) is 0 Å². The molecular formula is C17H25N3O3. The Morgan fingerprint density at radius 3 is 2.35 bits per heavy atom. The predicted octanol–water partition coefficient (Wildman–Crippen LogP) is 2.59. The lowest BCUT2D eigenvalue weighted by molar-refractivity contribution is 0.0715. The number of hydrogen-bond acceptors (Lipinski definition) is 4. The summed E-state index contributed by atoms with van der Waals surface area (Å²) in [6, 6.07) is 0. The van der Waals surface area contributed by atoms with E-state index in [1.807, 2.05) is 0 Å². The van der Waals surface area contributed by atoms with Crippen LogP contribution in [-0.4, -0.2) is 33.4 Å². The Morgan fingerprint density at radius 2 is 1.83 bits per heavy atom. The Balaban J connectivity index is 2.56. The van der Waals surface area contributed by atoms with Crippen molar-refractivity contribution < 1.29 is 9.21 Å². The molecule has 0 unspecified atom stereocenters. The second-order valence-electron chi connectivity index (χ2n) is 6.87. The molecule has 23 heavy (non-hydrogen) atoms. The predicted molar refractivity (Wildman–Crippen MR) is 89.6 cm³/mol. The van der Waals surface area contributed by atoms with Crippen LogP contribution in [0.1, 0.15) is 43.8 Å². The molecule has 0 aliphatic carbocycles. The average molecular weight is 319 g/mol. The summed E-state index contributed by atoms with van der Waals surface area (Å²) in [5, 5.41) is 0.273. The highest BCUT2D eigenvalue weighted by Gasteiger charge is 2.27. The first-order valence-corrected chi connectivity index (χ1v) is 7.96. The molecule has 0 aromatic carbocycles. The van der Waals surface area contributed by atoms with Gasteiger partial charge in [-0.05, 0) is 18.8 Å². The minimum atomic E-state index is -0.260. The van der Waals surface area contributed by atoms with E-state index in [0.29, 0.717) is 36.2 Å². The second kappa shape index (κ2) is 6.56. The highest BCUT2D eigenvalue weighted by molar-refractivity contribution is 6.06. The molecule has 0 saturated heterocycles. The lowest BCUT2D eigenvalue weighted by atomic mass is 10.1. The molecule has 0 spiro atoms. The normalized spacial score (nSPS) is 11.7. The van der Waals surface area contributed by atoms with Gasteiger partial charge in [-0.1, -0.05) is 27.7 Å². The van der Waals surface area contributed by atoms with Crippen LogP contribution in [-0.2, 0) is 7.05 Å². The quantitative estimate of drug-likeness (QED) is 0.849. The molecule has 0 saturated carbocycles. The van der Waals surface area contributed by atoms with Gasteiger partial charge in [-0.2, -0.15) is 0 Å². The molecule has 0 bridgehead atoms. The first kappa shape index (κ1) is 17.2. The fourth-order valence-corrected chi connectivity index (χ4v) is 2.72. The monoisotopic (exact) mass is 319 g/mol. The van der Waals surface area contributed by atoms with Gasteiger partial charge >= 0.3 is 0 Å². The van der Waals surface area contributed by atoms with Crippen molar-refractivity contribution in [3.05, 3.63) is 28.0 Å². The van der Waals surface area contributed by atoms with E-state index in [2.05, 4.69) is 32.7 Å². The number of aromatic nitrogens is 2. The zero-order valence-corrected chi connectivity index (χ0v) is 14.7. The SMILES string of the molecule is Cc1oc2ncn(C)c(=O)c2c1C(=O)N(CC(C)C)CC(C)C. The maximum atomic E-state index is 13.1. The third-order valence-electron chi connectivity index (χ3n) is 3.62. The smallest absolute Gasteiger partial charge is 0.265 e. The number of aryl methyl sites for hydroxylation is 2. The highest BCUT2D eigenvalue weighted by atomic mass is 16.3. The Kier molecular flexibility index (Phi) is 4.92. The molecule has 0 N–H and O–H groups in total. The van der Waals surface area contributed by atoms with Crippen LogP contribution in [0.3, 0.4) is 0 Å². The summed E-state index contributed by atoms with van der Waals surface area (Å²) in [5.41, 5.74) is 0.308. The number of carbonyl (C=O) groups excluding carboxylic acids is 1. The van der Waals surface area contributed by atoms with Gasteiger partial charge in [0, 0.05) is 20.1 Å². The molecule has 1 amide bonds. The minimum absolute atomic E-state index is 0.159. The fraction of sp³-hybridized carbons (Fsp3) is 0.588. The number of fused-ring (bicyclic) bond motifs is 1. The lowest BCUT2D eigenvalue weighted by Gasteiger charge is -2.26. The summed E-state index contributed by atoms with van der Waals surface area (Å²) >= 11 is 0. The van der Waals surface area contributed by atoms with Crippen molar-refractivity contribution >= 4 is 17.0 Å². The molecule has 6 heteroatoms. The number of nitrogens with zero attached hydrogens (tertiary/aromatic N) is 3. The Bertz CT molecular complexity index is 761.